The summed E-state index contributed by atoms with van der Waals surface area (Å²) in [4.78, 5) is 21.5. The third-order valence-electron chi connectivity index (χ3n) is 1.66. The minimum atomic E-state index is -0.940. The molecule has 3 heteroatoms. The van der Waals surface area contributed by atoms with E-state index < -0.39 is 5.97 Å². The highest BCUT2D eigenvalue weighted by Gasteiger charge is 2.06. The van der Waals surface area contributed by atoms with Gasteiger partial charge in [0.25, 0.3) is 0 Å². The van der Waals surface area contributed by atoms with Gasteiger partial charge in [-0.1, -0.05) is 44.2 Å². The maximum atomic E-state index is 11.3. The molecular weight excluding hydrogens is 192 g/mol. The van der Waals surface area contributed by atoms with Crippen molar-refractivity contribution in [2.24, 2.45) is 0 Å². The van der Waals surface area contributed by atoms with Gasteiger partial charge in [0, 0.05) is 12.0 Å². The number of carboxylic acids is 1. The van der Waals surface area contributed by atoms with Crippen molar-refractivity contribution in [3.63, 3.8) is 0 Å². The lowest BCUT2D eigenvalue weighted by atomic mass is 10.1. The lowest BCUT2D eigenvalue weighted by molar-refractivity contribution is -0.136. The van der Waals surface area contributed by atoms with Crippen LogP contribution in [-0.2, 0) is 4.79 Å². The minimum absolute atomic E-state index is 0.0688. The molecule has 1 aromatic rings. The Kier molecular flexibility index (Phi) is 6.89. The molecule has 0 unspecified atom stereocenters. The topological polar surface area (TPSA) is 54.4 Å². The standard InChI is InChI=1S/C10H10O3.C2H6/c11-9(6-7-10(12)13)8-4-2-1-3-5-8;1-2/h1-5H,6-7H2,(H,12,13);1-2H3. The van der Waals surface area contributed by atoms with Gasteiger partial charge in [-0.15, -0.1) is 0 Å². The van der Waals surface area contributed by atoms with Crippen LogP contribution in [0.2, 0.25) is 0 Å². The Hall–Kier alpha value is -1.64. The van der Waals surface area contributed by atoms with Crippen LogP contribution in [0.1, 0.15) is 37.0 Å². The van der Waals surface area contributed by atoms with E-state index in [9.17, 15) is 9.59 Å². The summed E-state index contributed by atoms with van der Waals surface area (Å²) < 4.78 is 0. The summed E-state index contributed by atoms with van der Waals surface area (Å²) in [6, 6.07) is 8.70. The van der Waals surface area contributed by atoms with Gasteiger partial charge >= 0.3 is 5.97 Å². The molecule has 0 spiro atoms. The molecule has 3 nitrogen and oxygen atoms in total. The van der Waals surface area contributed by atoms with E-state index in [0.29, 0.717) is 5.56 Å². The van der Waals surface area contributed by atoms with Crippen molar-refractivity contribution in [2.75, 3.05) is 0 Å². The zero-order valence-electron chi connectivity index (χ0n) is 9.06. The van der Waals surface area contributed by atoms with Crippen LogP contribution in [0.5, 0.6) is 0 Å². The lowest BCUT2D eigenvalue weighted by Crippen LogP contribution is -2.03. The van der Waals surface area contributed by atoms with Gasteiger partial charge in [0.1, 0.15) is 0 Å². The summed E-state index contributed by atoms with van der Waals surface area (Å²) in [5, 5.41) is 8.36. The normalized spacial score (nSPS) is 8.67. The molecule has 0 bridgehead atoms. The predicted molar refractivity (Wildman–Crippen MR) is 59.0 cm³/mol. The molecule has 0 atom stereocenters. The van der Waals surface area contributed by atoms with Crippen LogP contribution >= 0.6 is 0 Å². The molecule has 1 aromatic carbocycles. The second kappa shape index (κ2) is 7.74. The highest BCUT2D eigenvalue weighted by atomic mass is 16.4. The van der Waals surface area contributed by atoms with E-state index in [1.54, 1.807) is 24.3 Å². The number of carboxylic acid groups (broad SMARTS) is 1. The molecule has 0 saturated carbocycles. The number of rotatable bonds is 4. The van der Waals surface area contributed by atoms with Crippen molar-refractivity contribution in [2.45, 2.75) is 26.7 Å². The molecular formula is C12H16O3. The largest absolute Gasteiger partial charge is 0.481 e. The fourth-order valence-corrected chi connectivity index (χ4v) is 0.989. The number of benzene rings is 1. The molecule has 0 saturated heterocycles. The van der Waals surface area contributed by atoms with E-state index >= 15 is 0 Å². The average Bonchev–Trinajstić information content (AvgIpc) is 2.30. The van der Waals surface area contributed by atoms with Crippen LogP contribution < -0.4 is 0 Å². The summed E-state index contributed by atoms with van der Waals surface area (Å²) >= 11 is 0. The number of carbonyl (C=O) groups excluding carboxylic acids is 1. The van der Waals surface area contributed by atoms with Gasteiger partial charge in [-0.25, -0.2) is 0 Å². The van der Waals surface area contributed by atoms with Crippen LogP contribution in [0.25, 0.3) is 0 Å². The molecule has 1 rings (SSSR count). The third kappa shape index (κ3) is 5.62. The zero-order valence-corrected chi connectivity index (χ0v) is 9.06. The van der Waals surface area contributed by atoms with Crippen LogP contribution in [0.4, 0.5) is 0 Å². The molecule has 0 amide bonds. The van der Waals surface area contributed by atoms with Crippen LogP contribution in [0.3, 0.4) is 0 Å². The smallest absolute Gasteiger partial charge is 0.303 e. The zero-order chi connectivity index (χ0) is 11.7. The van der Waals surface area contributed by atoms with Crippen molar-refractivity contribution in [3.8, 4) is 0 Å². The van der Waals surface area contributed by atoms with E-state index in [1.807, 2.05) is 19.9 Å². The lowest BCUT2D eigenvalue weighted by Gasteiger charge is -1.97. The summed E-state index contributed by atoms with van der Waals surface area (Å²) in [6.45, 7) is 4.00. The molecule has 0 aliphatic heterocycles. The molecule has 0 aliphatic carbocycles. The van der Waals surface area contributed by atoms with Crippen LogP contribution in [-0.4, -0.2) is 16.9 Å². The van der Waals surface area contributed by atoms with E-state index in [-0.39, 0.29) is 18.6 Å². The van der Waals surface area contributed by atoms with Crippen molar-refractivity contribution in [3.05, 3.63) is 35.9 Å². The average molecular weight is 208 g/mol. The summed E-state index contributed by atoms with van der Waals surface area (Å²) in [7, 11) is 0. The van der Waals surface area contributed by atoms with Gasteiger partial charge in [-0.2, -0.15) is 0 Å². The SMILES string of the molecule is CC.O=C(O)CCC(=O)c1ccccc1. The Morgan fingerprint density at radius 3 is 2.07 bits per heavy atom. The monoisotopic (exact) mass is 208 g/mol. The summed E-state index contributed by atoms with van der Waals surface area (Å²) in [6.07, 6.45) is -0.0346. The van der Waals surface area contributed by atoms with E-state index in [2.05, 4.69) is 0 Å². The second-order valence-electron chi connectivity index (χ2n) is 2.68. The first-order chi connectivity index (χ1) is 7.20. The highest BCUT2D eigenvalue weighted by molar-refractivity contribution is 5.97. The molecule has 15 heavy (non-hydrogen) atoms. The fourth-order valence-electron chi connectivity index (χ4n) is 0.989. The Morgan fingerprint density at radius 1 is 1.07 bits per heavy atom. The highest BCUT2D eigenvalue weighted by Crippen LogP contribution is 2.04. The van der Waals surface area contributed by atoms with Crippen LogP contribution in [0, 0.1) is 0 Å². The van der Waals surface area contributed by atoms with E-state index in [0.717, 1.165) is 0 Å². The summed E-state index contributed by atoms with van der Waals surface area (Å²) in [5.74, 6) is -1.06. The Balaban J connectivity index is 0.000000921. The van der Waals surface area contributed by atoms with Gasteiger partial charge in [0.05, 0.1) is 6.42 Å². The Bertz CT molecular complexity index is 304. The van der Waals surface area contributed by atoms with Gasteiger partial charge in [0.15, 0.2) is 5.78 Å². The van der Waals surface area contributed by atoms with Crippen molar-refractivity contribution < 1.29 is 14.7 Å². The maximum absolute atomic E-state index is 11.3. The first-order valence-electron chi connectivity index (χ1n) is 5.00. The second-order valence-corrected chi connectivity index (χ2v) is 2.68. The number of aliphatic carboxylic acids is 1. The number of Topliss-reactive ketones (excluding diaryl/α,β-unsaturated/α-hetero) is 1. The van der Waals surface area contributed by atoms with Gasteiger partial charge in [-0.3, -0.25) is 9.59 Å². The molecule has 0 radical (unpaired) electrons. The number of hydrogen-bond acceptors (Lipinski definition) is 2. The predicted octanol–water partition coefficient (Wildman–Crippen LogP) is 2.76. The van der Waals surface area contributed by atoms with Gasteiger partial charge in [0.2, 0.25) is 0 Å². The van der Waals surface area contributed by atoms with E-state index in [1.165, 1.54) is 0 Å². The molecule has 0 fully saturated rings. The number of hydrogen-bond donors (Lipinski definition) is 1. The van der Waals surface area contributed by atoms with E-state index in [4.69, 9.17) is 5.11 Å². The van der Waals surface area contributed by atoms with Crippen molar-refractivity contribution in [1.29, 1.82) is 0 Å². The maximum Gasteiger partial charge on any atom is 0.303 e. The molecule has 1 N–H and O–H groups in total. The number of ketones is 1. The first kappa shape index (κ1) is 13.4. The first-order valence-corrected chi connectivity index (χ1v) is 5.00. The van der Waals surface area contributed by atoms with Gasteiger partial charge in [-0.05, 0) is 0 Å². The van der Waals surface area contributed by atoms with Crippen LogP contribution in [0.15, 0.2) is 30.3 Å². The van der Waals surface area contributed by atoms with Crippen molar-refractivity contribution >= 4 is 11.8 Å². The molecule has 0 aromatic heterocycles. The Labute approximate surface area is 89.7 Å². The quantitative estimate of drug-likeness (QED) is 0.774. The molecule has 82 valence electrons. The number of carbonyl (C=O) groups is 2. The molecule has 0 heterocycles. The minimum Gasteiger partial charge on any atom is -0.481 e. The van der Waals surface area contributed by atoms with Crippen molar-refractivity contribution in [1.82, 2.24) is 0 Å². The third-order valence-corrected chi connectivity index (χ3v) is 1.66. The summed E-state index contributed by atoms with van der Waals surface area (Å²) in [5.41, 5.74) is 0.573. The molecule has 0 aliphatic rings. The van der Waals surface area contributed by atoms with Gasteiger partial charge < -0.3 is 5.11 Å². The Morgan fingerprint density at radius 2 is 1.60 bits per heavy atom. The fraction of sp³-hybridized carbons (Fsp3) is 0.333.